The highest BCUT2D eigenvalue weighted by molar-refractivity contribution is 6.30. The van der Waals surface area contributed by atoms with Crippen LogP contribution in [0.2, 0.25) is 5.02 Å². The van der Waals surface area contributed by atoms with Crippen molar-refractivity contribution in [3.63, 3.8) is 0 Å². The van der Waals surface area contributed by atoms with Crippen molar-refractivity contribution in [2.24, 2.45) is 0 Å². The van der Waals surface area contributed by atoms with Crippen LogP contribution in [0.3, 0.4) is 0 Å². The maximum atomic E-state index is 6.03. The molecule has 8 heteroatoms. The van der Waals surface area contributed by atoms with Gasteiger partial charge in [0, 0.05) is 29.9 Å². The highest BCUT2D eigenvalue weighted by atomic mass is 35.5. The van der Waals surface area contributed by atoms with Crippen LogP contribution in [0.5, 0.6) is 0 Å². The fourth-order valence-electron chi connectivity index (χ4n) is 3.42. The minimum atomic E-state index is 0.281. The van der Waals surface area contributed by atoms with Gasteiger partial charge in [-0.3, -0.25) is 4.57 Å². The lowest BCUT2D eigenvalue weighted by Crippen LogP contribution is -2.35. The lowest BCUT2D eigenvalue weighted by atomic mass is 9.97. The monoisotopic (exact) mass is 386 g/mol. The molecule has 3 heterocycles. The fraction of sp³-hybridized carbons (Fsp3) is 0.474. The highest BCUT2D eigenvalue weighted by Crippen LogP contribution is 2.31. The molecule has 0 spiro atoms. The van der Waals surface area contributed by atoms with Gasteiger partial charge in [0.1, 0.15) is 5.82 Å². The Morgan fingerprint density at radius 3 is 2.44 bits per heavy atom. The SMILES string of the molecule is Cc1nnc(N2CCC(c3nc(C(C)C)no3)CC2)n1-c1ccc(Cl)cc1. The molecular weight excluding hydrogens is 364 g/mol. The molecule has 0 saturated carbocycles. The van der Waals surface area contributed by atoms with Gasteiger partial charge in [-0.1, -0.05) is 30.6 Å². The van der Waals surface area contributed by atoms with E-state index in [0.29, 0.717) is 10.9 Å². The predicted molar refractivity (Wildman–Crippen MR) is 104 cm³/mol. The van der Waals surface area contributed by atoms with E-state index in [2.05, 4.69) is 43.7 Å². The molecule has 7 nitrogen and oxygen atoms in total. The van der Waals surface area contributed by atoms with E-state index in [1.807, 2.05) is 31.2 Å². The lowest BCUT2D eigenvalue weighted by Gasteiger charge is -2.31. The summed E-state index contributed by atoms with van der Waals surface area (Å²) in [4.78, 5) is 6.84. The van der Waals surface area contributed by atoms with Gasteiger partial charge in [0.15, 0.2) is 5.82 Å². The number of anilines is 1. The Kier molecular flexibility index (Phi) is 4.86. The number of rotatable bonds is 4. The number of piperidine rings is 1. The molecule has 1 fully saturated rings. The number of hydrogen-bond acceptors (Lipinski definition) is 6. The van der Waals surface area contributed by atoms with Gasteiger partial charge < -0.3 is 9.42 Å². The standard InChI is InChI=1S/C19H23ClN6O/c1-12(2)17-21-18(27-24-17)14-8-10-25(11-9-14)19-23-22-13(3)26(19)16-6-4-15(20)5-7-16/h4-7,12,14H,8-11H2,1-3H3. The molecule has 0 N–H and O–H groups in total. The minimum Gasteiger partial charge on any atom is -0.341 e. The summed E-state index contributed by atoms with van der Waals surface area (Å²) in [6.45, 7) is 7.85. The second-order valence-corrected chi connectivity index (χ2v) is 7.70. The first-order chi connectivity index (χ1) is 13.0. The van der Waals surface area contributed by atoms with Crippen molar-refractivity contribution in [3.8, 4) is 5.69 Å². The van der Waals surface area contributed by atoms with E-state index < -0.39 is 0 Å². The number of aryl methyl sites for hydroxylation is 1. The molecule has 0 amide bonds. The highest BCUT2D eigenvalue weighted by Gasteiger charge is 2.28. The number of hydrogen-bond donors (Lipinski definition) is 0. The second-order valence-electron chi connectivity index (χ2n) is 7.27. The number of benzene rings is 1. The summed E-state index contributed by atoms with van der Waals surface area (Å²) in [5.41, 5.74) is 1.01. The van der Waals surface area contributed by atoms with Crippen molar-refractivity contribution >= 4 is 17.5 Å². The summed E-state index contributed by atoms with van der Waals surface area (Å²) in [5, 5.41) is 13.5. The molecule has 1 saturated heterocycles. The van der Waals surface area contributed by atoms with Crippen molar-refractivity contribution in [2.75, 3.05) is 18.0 Å². The zero-order valence-corrected chi connectivity index (χ0v) is 16.5. The van der Waals surface area contributed by atoms with Crippen LogP contribution in [0.15, 0.2) is 28.8 Å². The van der Waals surface area contributed by atoms with Gasteiger partial charge in [-0.05, 0) is 44.0 Å². The molecule has 0 aliphatic carbocycles. The first-order valence-corrected chi connectivity index (χ1v) is 9.67. The molecule has 0 unspecified atom stereocenters. The molecule has 1 aromatic carbocycles. The van der Waals surface area contributed by atoms with Crippen LogP contribution in [0, 0.1) is 6.92 Å². The van der Waals surface area contributed by atoms with Crippen LogP contribution in [-0.2, 0) is 0 Å². The fourth-order valence-corrected chi connectivity index (χ4v) is 3.55. The van der Waals surface area contributed by atoms with E-state index in [9.17, 15) is 0 Å². The molecule has 27 heavy (non-hydrogen) atoms. The maximum Gasteiger partial charge on any atom is 0.231 e. The van der Waals surface area contributed by atoms with E-state index >= 15 is 0 Å². The van der Waals surface area contributed by atoms with Crippen LogP contribution in [0.4, 0.5) is 5.95 Å². The van der Waals surface area contributed by atoms with Crippen molar-refractivity contribution in [2.45, 2.75) is 45.4 Å². The Balaban J connectivity index is 1.51. The van der Waals surface area contributed by atoms with Gasteiger partial charge in [0.2, 0.25) is 11.8 Å². The Labute approximate surface area is 163 Å². The Bertz CT molecular complexity index is 909. The maximum absolute atomic E-state index is 6.03. The predicted octanol–water partition coefficient (Wildman–Crippen LogP) is 4.12. The summed E-state index contributed by atoms with van der Waals surface area (Å²) < 4.78 is 7.56. The normalized spacial score (nSPS) is 15.7. The zero-order chi connectivity index (χ0) is 19.0. The minimum absolute atomic E-state index is 0.281. The summed E-state index contributed by atoms with van der Waals surface area (Å²) >= 11 is 6.03. The topological polar surface area (TPSA) is 72.9 Å². The third-order valence-electron chi connectivity index (χ3n) is 4.99. The van der Waals surface area contributed by atoms with E-state index in [4.69, 9.17) is 16.1 Å². The largest absolute Gasteiger partial charge is 0.341 e. The smallest absolute Gasteiger partial charge is 0.231 e. The van der Waals surface area contributed by atoms with Gasteiger partial charge in [-0.25, -0.2) is 0 Å². The van der Waals surface area contributed by atoms with Crippen LogP contribution in [0.25, 0.3) is 5.69 Å². The van der Waals surface area contributed by atoms with Crippen LogP contribution < -0.4 is 4.90 Å². The van der Waals surface area contributed by atoms with E-state index in [1.165, 1.54) is 0 Å². The van der Waals surface area contributed by atoms with E-state index in [-0.39, 0.29) is 5.92 Å². The first-order valence-electron chi connectivity index (χ1n) is 9.29. The van der Waals surface area contributed by atoms with Crippen molar-refractivity contribution < 1.29 is 4.52 Å². The summed E-state index contributed by atoms with van der Waals surface area (Å²) in [5.74, 6) is 3.84. The summed E-state index contributed by atoms with van der Waals surface area (Å²) in [6.07, 6.45) is 1.90. The molecule has 1 aliphatic heterocycles. The lowest BCUT2D eigenvalue weighted by molar-refractivity contribution is 0.325. The molecular formula is C19H23ClN6O. The Hall–Kier alpha value is -2.41. The second kappa shape index (κ2) is 7.31. The third kappa shape index (κ3) is 3.56. The van der Waals surface area contributed by atoms with Crippen molar-refractivity contribution in [3.05, 3.63) is 46.8 Å². The van der Waals surface area contributed by atoms with Crippen LogP contribution >= 0.6 is 11.6 Å². The number of halogens is 1. The molecule has 2 aromatic heterocycles. The van der Waals surface area contributed by atoms with E-state index in [0.717, 1.165) is 55.1 Å². The first kappa shape index (κ1) is 18.0. The molecule has 0 radical (unpaired) electrons. The Morgan fingerprint density at radius 2 is 1.81 bits per heavy atom. The number of nitrogens with zero attached hydrogens (tertiary/aromatic N) is 6. The van der Waals surface area contributed by atoms with Gasteiger partial charge in [0.05, 0.1) is 5.69 Å². The number of aromatic nitrogens is 5. The van der Waals surface area contributed by atoms with Crippen LogP contribution in [-0.4, -0.2) is 38.0 Å². The average molecular weight is 387 g/mol. The summed E-state index contributed by atoms with van der Waals surface area (Å²) in [7, 11) is 0. The Morgan fingerprint density at radius 1 is 1.11 bits per heavy atom. The molecule has 1 aliphatic rings. The van der Waals surface area contributed by atoms with Crippen molar-refractivity contribution in [1.29, 1.82) is 0 Å². The quantitative estimate of drug-likeness (QED) is 0.671. The molecule has 0 bridgehead atoms. The molecule has 3 aromatic rings. The molecule has 0 atom stereocenters. The van der Waals surface area contributed by atoms with Gasteiger partial charge >= 0.3 is 0 Å². The third-order valence-corrected chi connectivity index (χ3v) is 5.25. The average Bonchev–Trinajstić information content (AvgIpc) is 3.30. The van der Waals surface area contributed by atoms with Crippen molar-refractivity contribution in [1.82, 2.24) is 24.9 Å². The molecule has 4 rings (SSSR count). The van der Waals surface area contributed by atoms with Gasteiger partial charge in [-0.15, -0.1) is 10.2 Å². The van der Waals surface area contributed by atoms with Crippen LogP contribution in [0.1, 0.15) is 56.1 Å². The molecule has 142 valence electrons. The summed E-state index contributed by atoms with van der Waals surface area (Å²) in [6, 6.07) is 7.74. The van der Waals surface area contributed by atoms with E-state index in [1.54, 1.807) is 0 Å². The van der Waals surface area contributed by atoms with Gasteiger partial charge in [-0.2, -0.15) is 4.98 Å². The van der Waals surface area contributed by atoms with Gasteiger partial charge in [0.25, 0.3) is 0 Å². The zero-order valence-electron chi connectivity index (χ0n) is 15.8.